The van der Waals surface area contributed by atoms with Crippen LogP contribution in [0.2, 0.25) is 0 Å². The second kappa shape index (κ2) is 5.87. The summed E-state index contributed by atoms with van der Waals surface area (Å²) in [6.45, 7) is 6.58. The Balaban J connectivity index is 1.65. The van der Waals surface area contributed by atoms with Gasteiger partial charge in [0.25, 0.3) is 0 Å². The molecule has 100 valence electrons. The molecule has 1 aliphatic rings. The minimum absolute atomic E-state index is 0.469. The van der Waals surface area contributed by atoms with Crippen LogP contribution in [0.3, 0.4) is 0 Å². The van der Waals surface area contributed by atoms with Crippen LogP contribution >= 0.6 is 11.3 Å². The van der Waals surface area contributed by atoms with E-state index >= 15 is 0 Å². The first-order valence-corrected chi connectivity index (χ1v) is 7.69. The molecule has 3 heteroatoms. The standard InChI is InChI=1S/C16H20N2S/c1-13-7-8-15(19-13)11-18-10-9-17-16(12-18)14-5-3-2-4-6-14/h2-8,16-17H,9-12H2,1H3. The molecule has 2 aromatic rings. The molecule has 0 bridgehead atoms. The van der Waals surface area contributed by atoms with Gasteiger partial charge < -0.3 is 5.32 Å². The van der Waals surface area contributed by atoms with Gasteiger partial charge in [-0.05, 0) is 24.6 Å². The minimum Gasteiger partial charge on any atom is -0.308 e. The Morgan fingerprint density at radius 1 is 1.21 bits per heavy atom. The van der Waals surface area contributed by atoms with Crippen molar-refractivity contribution in [2.75, 3.05) is 19.6 Å². The molecule has 1 N–H and O–H groups in total. The first-order chi connectivity index (χ1) is 9.31. The number of thiophene rings is 1. The molecule has 2 nitrogen and oxygen atoms in total. The van der Waals surface area contributed by atoms with Crippen molar-refractivity contribution in [2.45, 2.75) is 19.5 Å². The van der Waals surface area contributed by atoms with Gasteiger partial charge in [0, 0.05) is 42.0 Å². The van der Waals surface area contributed by atoms with Gasteiger partial charge in [-0.3, -0.25) is 4.90 Å². The van der Waals surface area contributed by atoms with E-state index in [2.05, 4.69) is 59.6 Å². The SMILES string of the molecule is Cc1ccc(CN2CCNC(c3ccccc3)C2)s1. The number of aryl methyl sites for hydroxylation is 1. The smallest absolute Gasteiger partial charge is 0.0449 e. The van der Waals surface area contributed by atoms with Crippen LogP contribution in [0.15, 0.2) is 42.5 Å². The normalized spacial score (nSPS) is 20.6. The maximum absolute atomic E-state index is 3.62. The third-order valence-corrected chi connectivity index (χ3v) is 4.62. The van der Waals surface area contributed by atoms with E-state index in [0.29, 0.717) is 6.04 Å². The van der Waals surface area contributed by atoms with Crippen LogP contribution in [0, 0.1) is 6.92 Å². The topological polar surface area (TPSA) is 15.3 Å². The van der Waals surface area contributed by atoms with Gasteiger partial charge in [0.2, 0.25) is 0 Å². The van der Waals surface area contributed by atoms with Crippen molar-refractivity contribution in [3.8, 4) is 0 Å². The highest BCUT2D eigenvalue weighted by Crippen LogP contribution is 2.21. The highest BCUT2D eigenvalue weighted by atomic mass is 32.1. The summed E-state index contributed by atoms with van der Waals surface area (Å²) in [7, 11) is 0. The van der Waals surface area contributed by atoms with Gasteiger partial charge in [-0.15, -0.1) is 11.3 Å². The number of hydrogen-bond acceptors (Lipinski definition) is 3. The van der Waals surface area contributed by atoms with Crippen LogP contribution in [0.4, 0.5) is 0 Å². The van der Waals surface area contributed by atoms with Crippen LogP contribution in [-0.2, 0) is 6.54 Å². The lowest BCUT2D eigenvalue weighted by Gasteiger charge is -2.33. The molecule has 1 aromatic carbocycles. The minimum atomic E-state index is 0.469. The van der Waals surface area contributed by atoms with Crippen LogP contribution in [-0.4, -0.2) is 24.5 Å². The second-order valence-corrected chi connectivity index (χ2v) is 6.54. The summed E-state index contributed by atoms with van der Waals surface area (Å²) in [4.78, 5) is 5.44. The fourth-order valence-corrected chi connectivity index (χ4v) is 3.59. The summed E-state index contributed by atoms with van der Waals surface area (Å²) in [5, 5.41) is 3.62. The highest BCUT2D eigenvalue weighted by molar-refractivity contribution is 7.11. The summed E-state index contributed by atoms with van der Waals surface area (Å²) in [6, 6.07) is 15.7. The van der Waals surface area contributed by atoms with Gasteiger partial charge in [-0.1, -0.05) is 30.3 Å². The van der Waals surface area contributed by atoms with Crippen molar-refractivity contribution < 1.29 is 0 Å². The van der Waals surface area contributed by atoms with Gasteiger partial charge in [-0.2, -0.15) is 0 Å². The molecular formula is C16H20N2S. The third kappa shape index (κ3) is 3.24. The Kier molecular flexibility index (Phi) is 3.97. The highest BCUT2D eigenvalue weighted by Gasteiger charge is 2.20. The molecule has 1 fully saturated rings. The first-order valence-electron chi connectivity index (χ1n) is 6.87. The number of piperazine rings is 1. The Bertz CT molecular complexity index is 521. The lowest BCUT2D eigenvalue weighted by molar-refractivity contribution is 0.195. The predicted molar refractivity (Wildman–Crippen MR) is 81.5 cm³/mol. The van der Waals surface area contributed by atoms with Crippen molar-refractivity contribution in [2.24, 2.45) is 0 Å². The Morgan fingerprint density at radius 2 is 2.05 bits per heavy atom. The zero-order chi connectivity index (χ0) is 13.1. The maximum atomic E-state index is 3.62. The average molecular weight is 272 g/mol. The molecule has 0 radical (unpaired) electrons. The third-order valence-electron chi connectivity index (χ3n) is 3.64. The van der Waals surface area contributed by atoms with E-state index in [4.69, 9.17) is 0 Å². The molecule has 0 spiro atoms. The molecule has 0 amide bonds. The molecular weight excluding hydrogens is 252 g/mol. The zero-order valence-corrected chi connectivity index (χ0v) is 12.1. The van der Waals surface area contributed by atoms with Gasteiger partial charge in [0.1, 0.15) is 0 Å². The van der Waals surface area contributed by atoms with Crippen LogP contribution in [0.5, 0.6) is 0 Å². The van der Waals surface area contributed by atoms with E-state index in [9.17, 15) is 0 Å². The number of nitrogens with one attached hydrogen (secondary N) is 1. The van der Waals surface area contributed by atoms with Crippen molar-refractivity contribution >= 4 is 11.3 Å². The molecule has 0 saturated carbocycles. The van der Waals surface area contributed by atoms with Crippen molar-refractivity contribution in [1.82, 2.24) is 10.2 Å². The second-order valence-electron chi connectivity index (χ2n) is 5.16. The molecule has 1 atom stereocenters. The van der Waals surface area contributed by atoms with Gasteiger partial charge in [0.15, 0.2) is 0 Å². The van der Waals surface area contributed by atoms with Gasteiger partial charge in [0.05, 0.1) is 0 Å². The molecule has 2 heterocycles. The molecule has 3 rings (SSSR count). The van der Waals surface area contributed by atoms with Crippen molar-refractivity contribution in [3.05, 3.63) is 57.8 Å². The first kappa shape index (κ1) is 12.9. The Labute approximate surface area is 119 Å². The summed E-state index contributed by atoms with van der Waals surface area (Å²) in [6.07, 6.45) is 0. The van der Waals surface area contributed by atoms with E-state index in [1.165, 1.54) is 15.3 Å². The van der Waals surface area contributed by atoms with E-state index in [0.717, 1.165) is 26.2 Å². The fourth-order valence-electron chi connectivity index (χ4n) is 2.65. The molecule has 1 saturated heterocycles. The molecule has 1 unspecified atom stereocenters. The van der Waals surface area contributed by atoms with Crippen molar-refractivity contribution in [3.63, 3.8) is 0 Å². The lowest BCUT2D eigenvalue weighted by Crippen LogP contribution is -2.45. The number of nitrogens with zero attached hydrogens (tertiary/aromatic N) is 1. The predicted octanol–water partition coefficient (Wildman–Crippen LogP) is 3.20. The van der Waals surface area contributed by atoms with Crippen molar-refractivity contribution in [1.29, 1.82) is 0 Å². The van der Waals surface area contributed by atoms with E-state index < -0.39 is 0 Å². The summed E-state index contributed by atoms with van der Waals surface area (Å²) < 4.78 is 0. The lowest BCUT2D eigenvalue weighted by atomic mass is 10.0. The Hall–Kier alpha value is -1.16. The zero-order valence-electron chi connectivity index (χ0n) is 11.3. The van der Waals surface area contributed by atoms with Gasteiger partial charge in [-0.25, -0.2) is 0 Å². The van der Waals surface area contributed by atoms with Gasteiger partial charge >= 0.3 is 0 Å². The van der Waals surface area contributed by atoms with E-state index in [-0.39, 0.29) is 0 Å². The summed E-state index contributed by atoms with van der Waals surface area (Å²) in [5.41, 5.74) is 1.40. The van der Waals surface area contributed by atoms with Crippen LogP contribution in [0.1, 0.15) is 21.4 Å². The van der Waals surface area contributed by atoms with Crippen LogP contribution < -0.4 is 5.32 Å². The Morgan fingerprint density at radius 3 is 2.79 bits per heavy atom. The molecule has 0 aliphatic carbocycles. The number of benzene rings is 1. The number of hydrogen-bond donors (Lipinski definition) is 1. The molecule has 19 heavy (non-hydrogen) atoms. The number of rotatable bonds is 3. The summed E-state index contributed by atoms with van der Waals surface area (Å²) in [5.74, 6) is 0. The maximum Gasteiger partial charge on any atom is 0.0449 e. The van der Waals surface area contributed by atoms with Crippen LogP contribution in [0.25, 0.3) is 0 Å². The van der Waals surface area contributed by atoms with E-state index in [1.807, 2.05) is 11.3 Å². The monoisotopic (exact) mass is 272 g/mol. The average Bonchev–Trinajstić information content (AvgIpc) is 2.85. The van der Waals surface area contributed by atoms with E-state index in [1.54, 1.807) is 0 Å². The largest absolute Gasteiger partial charge is 0.308 e. The fraction of sp³-hybridized carbons (Fsp3) is 0.375. The summed E-state index contributed by atoms with van der Waals surface area (Å²) >= 11 is 1.92. The molecule has 1 aliphatic heterocycles. The molecule has 1 aromatic heterocycles. The quantitative estimate of drug-likeness (QED) is 0.923.